The molecule has 218 valence electrons. The summed E-state index contributed by atoms with van der Waals surface area (Å²) < 4.78 is 0.703. The van der Waals surface area contributed by atoms with Crippen molar-refractivity contribution in [2.45, 2.75) is 47.0 Å². The number of fused-ring (bicyclic) bond motifs is 8. The van der Waals surface area contributed by atoms with E-state index in [2.05, 4.69) is 92.2 Å². The van der Waals surface area contributed by atoms with Crippen LogP contribution in [0.25, 0.3) is 56.5 Å². The summed E-state index contributed by atoms with van der Waals surface area (Å²) >= 11 is 3.77. The molecule has 45 heavy (non-hydrogen) atoms. The minimum absolute atomic E-state index is 0. The Morgan fingerprint density at radius 2 is 1.27 bits per heavy atom. The van der Waals surface area contributed by atoms with E-state index in [0.29, 0.717) is 21.4 Å². The van der Waals surface area contributed by atoms with Gasteiger partial charge in [0.25, 0.3) is 0 Å². The second-order valence-electron chi connectivity index (χ2n) is 12.3. The average Bonchev–Trinajstić information content (AvgIpc) is 3.77. The van der Waals surface area contributed by atoms with Crippen molar-refractivity contribution in [1.29, 1.82) is 0 Å². The molecule has 0 saturated heterocycles. The predicted octanol–water partition coefficient (Wildman–Crippen LogP) is 9.23. The van der Waals surface area contributed by atoms with Gasteiger partial charge in [-0.15, -0.1) is 22.1 Å². The Hall–Kier alpha value is -3.93. The normalized spacial score (nSPS) is 13.6. The molecule has 2 aliphatic heterocycles. The second kappa shape index (κ2) is 11.5. The maximum atomic E-state index is 13.7. The van der Waals surface area contributed by atoms with Gasteiger partial charge in [-0.1, -0.05) is 87.7 Å². The number of carbonyl (C=O) groups excluding carboxylic acids is 1. The van der Waals surface area contributed by atoms with Gasteiger partial charge in [-0.2, -0.15) is 0 Å². The Labute approximate surface area is 284 Å². The van der Waals surface area contributed by atoms with E-state index in [4.69, 9.17) is 19.9 Å². The number of nitrogens with zero attached hydrogens (tertiary/aromatic N) is 4. The summed E-state index contributed by atoms with van der Waals surface area (Å²) in [6, 6.07) is 22.6. The molecule has 0 saturated carbocycles. The predicted molar refractivity (Wildman–Crippen MR) is 183 cm³/mol. The quantitative estimate of drug-likeness (QED) is 0.168. The minimum Gasteiger partial charge on any atom is -0.657 e. The van der Waals surface area contributed by atoms with Crippen molar-refractivity contribution in [2.75, 3.05) is 0 Å². The molecule has 0 fully saturated rings. The van der Waals surface area contributed by atoms with E-state index < -0.39 is 5.41 Å². The number of hydrogen-bond donors (Lipinski definition) is 0. The maximum absolute atomic E-state index is 13.7. The molecule has 0 atom stereocenters. The van der Waals surface area contributed by atoms with Gasteiger partial charge in [0.1, 0.15) is 5.69 Å². The van der Waals surface area contributed by atoms with Crippen molar-refractivity contribution in [2.24, 2.45) is 0 Å². The summed E-state index contributed by atoms with van der Waals surface area (Å²) in [5.41, 5.74) is 13.6. The first-order valence-electron chi connectivity index (χ1n) is 14.7. The van der Waals surface area contributed by atoms with Crippen LogP contribution in [0.1, 0.15) is 63.7 Å². The zero-order valence-corrected chi connectivity index (χ0v) is 30.8. The van der Waals surface area contributed by atoms with Crippen molar-refractivity contribution < 1.29 is 24.3 Å². The molecular weight excluding hydrogens is 674 g/mol. The molecule has 5 aromatic rings. The van der Waals surface area contributed by atoms with Gasteiger partial charge in [0.15, 0.2) is 5.78 Å². The Morgan fingerprint density at radius 1 is 0.667 bits per heavy atom. The average molecular weight is 705 g/mol. The maximum Gasteiger partial charge on any atom is 2.00 e. The van der Waals surface area contributed by atoms with E-state index >= 15 is 0 Å². The van der Waals surface area contributed by atoms with Crippen LogP contribution >= 0.6 is 15.9 Å². The van der Waals surface area contributed by atoms with Gasteiger partial charge >= 0.3 is 19.5 Å². The molecule has 0 aliphatic carbocycles. The van der Waals surface area contributed by atoms with Crippen LogP contribution in [0.5, 0.6) is 0 Å². The van der Waals surface area contributed by atoms with Gasteiger partial charge in [0.2, 0.25) is 0 Å². The molecule has 3 aromatic heterocycles. The molecule has 5 heterocycles. The fourth-order valence-electron chi connectivity index (χ4n) is 6.39. The van der Waals surface area contributed by atoms with Gasteiger partial charge < -0.3 is 9.97 Å². The number of halogens is 1. The molecule has 0 radical (unpaired) electrons. The van der Waals surface area contributed by atoms with Crippen LogP contribution in [0.4, 0.5) is 0 Å². The largest absolute Gasteiger partial charge is 2.00 e. The zero-order chi connectivity index (χ0) is 30.9. The van der Waals surface area contributed by atoms with Crippen LogP contribution in [-0.4, -0.2) is 15.8 Å². The van der Waals surface area contributed by atoms with Crippen LogP contribution in [0.2, 0.25) is 0 Å². The summed E-state index contributed by atoms with van der Waals surface area (Å²) in [4.78, 5) is 33.9. The minimum atomic E-state index is -0.828. The standard InChI is InChI=1S/C38H32BrN4O.Zn/c1-20-7-9-24(10-8-20)33-26-13-14-29(41-26)34(32-22(3)17-21(2)18-23(32)4)28-12-11-25(40-28)19-31-37(44)38(5,6)36(43-31)35(39)30-16-15-27(33)42-30;/h7-19H,1-6H3,(H-,40,41,42,43,44);/q-1;+2/p-1. The number of aryl methyl sites for hydroxylation is 4. The summed E-state index contributed by atoms with van der Waals surface area (Å²) in [6.07, 6.45) is 4.15. The number of rotatable bonds is 2. The Kier molecular flexibility index (Phi) is 7.91. The Morgan fingerprint density at radius 3 is 1.96 bits per heavy atom. The molecule has 7 rings (SSSR count). The van der Waals surface area contributed by atoms with E-state index in [9.17, 15) is 4.79 Å². The number of aromatic nitrogens is 4. The molecule has 2 aromatic carbocycles. The molecule has 7 heteroatoms. The van der Waals surface area contributed by atoms with Crippen molar-refractivity contribution in [3.63, 3.8) is 0 Å². The third-order valence-corrected chi connectivity index (χ3v) is 9.36. The van der Waals surface area contributed by atoms with Crippen LogP contribution in [0.15, 0.2) is 71.2 Å². The van der Waals surface area contributed by atoms with Gasteiger partial charge in [-0.05, 0) is 93.1 Å². The first-order valence-corrected chi connectivity index (χ1v) is 15.5. The van der Waals surface area contributed by atoms with Gasteiger partial charge in [-0.25, -0.2) is 9.97 Å². The van der Waals surface area contributed by atoms with Gasteiger partial charge in [-0.3, -0.25) is 4.79 Å². The Bertz CT molecular complexity index is 2200. The topological polar surface area (TPSA) is 71.1 Å². The van der Waals surface area contributed by atoms with Crippen LogP contribution < -0.4 is 9.97 Å². The summed E-state index contributed by atoms with van der Waals surface area (Å²) in [5, 5.41) is 0. The number of benzene rings is 2. The smallest absolute Gasteiger partial charge is 0.657 e. The van der Waals surface area contributed by atoms with E-state index in [1.807, 2.05) is 38.1 Å². The SMILES string of the molecule is Cc1ccc(-c2c3nc(c(-c4c(C)cc(C)cc4C)c4ccc(cc5nc(c(Br)c6ccc2[n-]6)C(C)(C)C5=O)[n-]4)C=C3)cc1.[Zn+2]. The molecule has 0 unspecified atom stereocenters. The van der Waals surface area contributed by atoms with E-state index in [1.54, 1.807) is 6.07 Å². The number of ketones is 1. The van der Waals surface area contributed by atoms with Crippen molar-refractivity contribution in [1.82, 2.24) is 19.9 Å². The second-order valence-corrected chi connectivity index (χ2v) is 13.1. The molecule has 8 bridgehead atoms. The number of hydrogen-bond acceptors (Lipinski definition) is 3. The first kappa shape index (κ1) is 31.1. The summed E-state index contributed by atoms with van der Waals surface area (Å²) in [7, 11) is 0. The van der Waals surface area contributed by atoms with E-state index in [0.717, 1.165) is 61.3 Å². The molecule has 2 aliphatic rings. The molecule has 5 nitrogen and oxygen atoms in total. The fourth-order valence-corrected chi connectivity index (χ4v) is 7.20. The van der Waals surface area contributed by atoms with Crippen LogP contribution in [0.3, 0.4) is 0 Å². The Balaban J connectivity index is 0.00000357. The van der Waals surface area contributed by atoms with Crippen LogP contribution in [0, 0.1) is 27.7 Å². The number of carbonyl (C=O) groups is 1. The zero-order valence-electron chi connectivity index (χ0n) is 26.3. The summed E-state index contributed by atoms with van der Waals surface area (Å²) in [5.74, 6) is -0.0478. The monoisotopic (exact) mass is 702 g/mol. The van der Waals surface area contributed by atoms with E-state index in [-0.39, 0.29) is 25.3 Å². The first-order chi connectivity index (χ1) is 21.0. The third-order valence-electron chi connectivity index (χ3n) is 8.58. The van der Waals surface area contributed by atoms with Gasteiger partial charge in [0.05, 0.1) is 22.5 Å². The molecular formula is C38H31BrN4OZn. The van der Waals surface area contributed by atoms with Crippen molar-refractivity contribution in [3.8, 4) is 22.3 Å². The van der Waals surface area contributed by atoms with Crippen molar-refractivity contribution >= 4 is 55.9 Å². The van der Waals surface area contributed by atoms with E-state index in [1.165, 1.54) is 11.1 Å². The fraction of sp³-hybridized carbons (Fsp3) is 0.184. The molecule has 0 N–H and O–H groups in total. The number of Topliss-reactive ketones (excluding diaryl/α,β-unsaturated/α-hetero) is 1. The third kappa shape index (κ3) is 5.26. The van der Waals surface area contributed by atoms with Gasteiger partial charge in [0, 0.05) is 4.47 Å². The van der Waals surface area contributed by atoms with Crippen molar-refractivity contribution in [3.05, 3.63) is 116 Å². The molecule has 0 amide bonds. The molecule has 0 spiro atoms. The summed E-state index contributed by atoms with van der Waals surface area (Å²) in [6.45, 7) is 12.3. The van der Waals surface area contributed by atoms with Crippen LogP contribution in [-0.2, 0) is 24.9 Å².